The van der Waals surface area contributed by atoms with Crippen molar-refractivity contribution in [1.29, 1.82) is 0 Å². The molecule has 122 valence electrons. The molecule has 0 aliphatic carbocycles. The van der Waals surface area contributed by atoms with Crippen LogP contribution in [0.25, 0.3) is 0 Å². The van der Waals surface area contributed by atoms with E-state index in [0.29, 0.717) is 18.2 Å². The second kappa shape index (κ2) is 8.12. The molecule has 6 heteroatoms. The van der Waals surface area contributed by atoms with Crippen LogP contribution in [0, 0.1) is 0 Å². The molecule has 0 atom stereocenters. The molecule has 1 heterocycles. The highest BCUT2D eigenvalue weighted by Crippen LogP contribution is 2.11. The van der Waals surface area contributed by atoms with Crippen molar-refractivity contribution in [2.45, 2.75) is 20.4 Å². The van der Waals surface area contributed by atoms with Crippen LogP contribution in [0.1, 0.15) is 29.9 Å². The van der Waals surface area contributed by atoms with Crippen molar-refractivity contribution in [1.82, 2.24) is 15.3 Å². The van der Waals surface area contributed by atoms with E-state index >= 15 is 0 Å². The summed E-state index contributed by atoms with van der Waals surface area (Å²) in [5.41, 5.74) is 1.37. The molecule has 0 bridgehead atoms. The van der Waals surface area contributed by atoms with E-state index < -0.39 is 0 Å². The van der Waals surface area contributed by atoms with Crippen molar-refractivity contribution >= 4 is 11.9 Å². The van der Waals surface area contributed by atoms with Gasteiger partial charge in [0.25, 0.3) is 5.91 Å². The van der Waals surface area contributed by atoms with Crippen molar-refractivity contribution in [2.24, 2.45) is 0 Å². The Labute approximate surface area is 136 Å². The second-order valence-corrected chi connectivity index (χ2v) is 4.94. The lowest BCUT2D eigenvalue weighted by molar-refractivity contribution is 0.0946. The maximum Gasteiger partial charge on any atom is 0.270 e. The molecule has 0 aliphatic heterocycles. The summed E-state index contributed by atoms with van der Waals surface area (Å²) in [5, 5.41) is 2.87. The van der Waals surface area contributed by atoms with Gasteiger partial charge in [-0.05, 0) is 37.6 Å². The Kier molecular flexibility index (Phi) is 5.91. The van der Waals surface area contributed by atoms with Gasteiger partial charge in [-0.25, -0.2) is 9.97 Å². The number of carbonyl (C=O) groups excluding carboxylic acids is 1. The molecule has 1 aromatic heterocycles. The van der Waals surface area contributed by atoms with Crippen LogP contribution >= 0.6 is 0 Å². The predicted molar refractivity (Wildman–Crippen MR) is 89.8 cm³/mol. The van der Waals surface area contributed by atoms with Gasteiger partial charge in [0.2, 0.25) is 5.95 Å². The Morgan fingerprint density at radius 2 is 1.87 bits per heavy atom. The van der Waals surface area contributed by atoms with Crippen molar-refractivity contribution in [3.05, 3.63) is 47.8 Å². The van der Waals surface area contributed by atoms with E-state index in [9.17, 15) is 4.79 Å². The van der Waals surface area contributed by atoms with E-state index in [1.807, 2.05) is 43.0 Å². The average Bonchev–Trinajstić information content (AvgIpc) is 2.61. The van der Waals surface area contributed by atoms with Crippen LogP contribution in [-0.2, 0) is 6.54 Å². The van der Waals surface area contributed by atoms with Gasteiger partial charge >= 0.3 is 0 Å². The number of hydrogen-bond donors (Lipinski definition) is 1. The molecule has 0 aliphatic rings. The van der Waals surface area contributed by atoms with Gasteiger partial charge in [0, 0.05) is 25.8 Å². The smallest absolute Gasteiger partial charge is 0.270 e. The quantitative estimate of drug-likeness (QED) is 0.849. The minimum atomic E-state index is -0.211. The summed E-state index contributed by atoms with van der Waals surface area (Å²) >= 11 is 0. The van der Waals surface area contributed by atoms with E-state index in [1.165, 1.54) is 0 Å². The fourth-order valence-electron chi connectivity index (χ4n) is 2.15. The summed E-state index contributed by atoms with van der Waals surface area (Å²) in [7, 11) is 1.62. The molecule has 0 unspecified atom stereocenters. The van der Waals surface area contributed by atoms with E-state index in [0.717, 1.165) is 24.4 Å². The number of hydrogen-bond acceptors (Lipinski definition) is 5. The van der Waals surface area contributed by atoms with Gasteiger partial charge in [-0.15, -0.1) is 0 Å². The highest BCUT2D eigenvalue weighted by Gasteiger charge is 2.11. The molecular weight excluding hydrogens is 292 g/mol. The first-order valence-electron chi connectivity index (χ1n) is 7.67. The van der Waals surface area contributed by atoms with Crippen molar-refractivity contribution in [3.63, 3.8) is 0 Å². The van der Waals surface area contributed by atoms with E-state index in [1.54, 1.807) is 19.4 Å². The molecule has 2 aromatic rings. The van der Waals surface area contributed by atoms with Crippen LogP contribution in [-0.4, -0.2) is 36.1 Å². The first-order valence-corrected chi connectivity index (χ1v) is 7.67. The van der Waals surface area contributed by atoms with E-state index in [-0.39, 0.29) is 5.91 Å². The molecule has 0 saturated heterocycles. The van der Waals surface area contributed by atoms with Gasteiger partial charge in [0.1, 0.15) is 11.4 Å². The van der Waals surface area contributed by atoms with Gasteiger partial charge in [-0.1, -0.05) is 12.1 Å². The molecule has 1 aromatic carbocycles. The van der Waals surface area contributed by atoms with Gasteiger partial charge in [-0.2, -0.15) is 0 Å². The maximum atomic E-state index is 12.2. The number of methoxy groups -OCH3 is 1. The number of nitrogens with zero attached hydrogens (tertiary/aromatic N) is 3. The second-order valence-electron chi connectivity index (χ2n) is 4.94. The van der Waals surface area contributed by atoms with Crippen molar-refractivity contribution in [3.8, 4) is 5.75 Å². The number of aromatic nitrogens is 2. The minimum absolute atomic E-state index is 0.211. The summed E-state index contributed by atoms with van der Waals surface area (Å²) in [5.74, 6) is 1.16. The summed E-state index contributed by atoms with van der Waals surface area (Å²) in [6, 6.07) is 9.19. The zero-order chi connectivity index (χ0) is 16.7. The number of carbonyl (C=O) groups is 1. The Hall–Kier alpha value is -2.63. The van der Waals surface area contributed by atoms with Crippen molar-refractivity contribution in [2.75, 3.05) is 25.1 Å². The molecule has 2 rings (SSSR count). The lowest BCUT2D eigenvalue weighted by Crippen LogP contribution is -2.27. The predicted octanol–water partition coefficient (Wildman–Crippen LogP) is 2.26. The number of anilines is 1. The van der Waals surface area contributed by atoms with Crippen molar-refractivity contribution < 1.29 is 9.53 Å². The van der Waals surface area contributed by atoms with E-state index in [4.69, 9.17) is 4.74 Å². The summed E-state index contributed by atoms with van der Waals surface area (Å²) in [6.45, 7) is 6.10. The Morgan fingerprint density at radius 3 is 2.48 bits per heavy atom. The number of ether oxygens (including phenoxy) is 1. The maximum absolute atomic E-state index is 12.2. The molecule has 23 heavy (non-hydrogen) atoms. The first-order chi connectivity index (χ1) is 11.2. The normalized spacial score (nSPS) is 10.2. The zero-order valence-corrected chi connectivity index (χ0v) is 13.7. The largest absolute Gasteiger partial charge is 0.497 e. The number of rotatable bonds is 7. The number of amides is 1. The summed E-state index contributed by atoms with van der Waals surface area (Å²) in [4.78, 5) is 22.8. The van der Waals surface area contributed by atoms with Crippen LogP contribution in [0.4, 0.5) is 5.95 Å². The number of benzene rings is 1. The third-order valence-corrected chi connectivity index (χ3v) is 3.53. The molecule has 0 spiro atoms. The SMILES string of the molecule is CCN(CC)c1nccc(C(=O)NCc2ccc(OC)cc2)n1. The lowest BCUT2D eigenvalue weighted by Gasteiger charge is -2.18. The van der Waals surface area contributed by atoms with Crippen LogP contribution < -0.4 is 15.0 Å². The summed E-state index contributed by atoms with van der Waals surface area (Å²) < 4.78 is 5.11. The van der Waals surface area contributed by atoms with Crippen LogP contribution in [0.5, 0.6) is 5.75 Å². The fraction of sp³-hybridized carbons (Fsp3) is 0.353. The van der Waals surface area contributed by atoms with E-state index in [2.05, 4.69) is 15.3 Å². The van der Waals surface area contributed by atoms with Gasteiger partial charge in [0.15, 0.2) is 0 Å². The Morgan fingerprint density at radius 1 is 1.17 bits per heavy atom. The molecule has 0 saturated carbocycles. The topological polar surface area (TPSA) is 67.4 Å². The highest BCUT2D eigenvalue weighted by atomic mass is 16.5. The molecule has 0 fully saturated rings. The highest BCUT2D eigenvalue weighted by molar-refractivity contribution is 5.92. The van der Waals surface area contributed by atoms with Gasteiger partial charge in [0.05, 0.1) is 7.11 Å². The first kappa shape index (κ1) is 16.7. The third-order valence-electron chi connectivity index (χ3n) is 3.53. The molecule has 1 amide bonds. The van der Waals surface area contributed by atoms with Gasteiger partial charge in [-0.3, -0.25) is 4.79 Å². The lowest BCUT2D eigenvalue weighted by atomic mass is 10.2. The van der Waals surface area contributed by atoms with Crippen LogP contribution in [0.15, 0.2) is 36.5 Å². The standard InChI is InChI=1S/C17H22N4O2/c1-4-21(5-2)17-18-11-10-15(20-17)16(22)19-12-13-6-8-14(23-3)9-7-13/h6-11H,4-5,12H2,1-3H3,(H,19,22). The molecule has 6 nitrogen and oxygen atoms in total. The molecule has 1 N–H and O–H groups in total. The zero-order valence-electron chi connectivity index (χ0n) is 13.7. The molecular formula is C17H22N4O2. The fourth-order valence-corrected chi connectivity index (χ4v) is 2.15. The Balaban J connectivity index is 2.01. The Bertz CT molecular complexity index is 639. The van der Waals surface area contributed by atoms with Crippen LogP contribution in [0.3, 0.4) is 0 Å². The number of nitrogens with one attached hydrogen (secondary N) is 1. The summed E-state index contributed by atoms with van der Waals surface area (Å²) in [6.07, 6.45) is 1.61. The molecule has 0 radical (unpaired) electrons. The average molecular weight is 314 g/mol. The van der Waals surface area contributed by atoms with Crippen LogP contribution in [0.2, 0.25) is 0 Å². The minimum Gasteiger partial charge on any atom is -0.497 e. The monoisotopic (exact) mass is 314 g/mol. The van der Waals surface area contributed by atoms with Gasteiger partial charge < -0.3 is 15.0 Å². The third kappa shape index (κ3) is 4.42.